The second-order valence-corrected chi connectivity index (χ2v) is 6.20. The summed E-state index contributed by atoms with van der Waals surface area (Å²) in [6, 6.07) is 7.24. The first-order chi connectivity index (χ1) is 10.2. The van der Waals surface area contributed by atoms with E-state index < -0.39 is 0 Å². The zero-order valence-electron chi connectivity index (χ0n) is 13.0. The number of amides is 1. The molecule has 0 radical (unpaired) electrons. The van der Waals surface area contributed by atoms with Crippen molar-refractivity contribution in [2.45, 2.75) is 51.7 Å². The number of nitrogens with one attached hydrogen (secondary N) is 2. The molecule has 3 rings (SSSR count). The van der Waals surface area contributed by atoms with Gasteiger partial charge >= 0.3 is 0 Å². The van der Waals surface area contributed by atoms with Gasteiger partial charge in [0, 0.05) is 31.4 Å². The van der Waals surface area contributed by atoms with Gasteiger partial charge in [0.15, 0.2) is 0 Å². The van der Waals surface area contributed by atoms with Crippen LogP contribution in [0.1, 0.15) is 37.3 Å². The van der Waals surface area contributed by atoms with Crippen LogP contribution in [0.2, 0.25) is 0 Å². The molecule has 1 amide bonds. The molecule has 21 heavy (non-hydrogen) atoms. The molecule has 1 heterocycles. The molecule has 0 bridgehead atoms. The molecule has 114 valence electrons. The van der Waals surface area contributed by atoms with E-state index in [0.29, 0.717) is 6.04 Å². The fraction of sp³-hybridized carbons (Fsp3) is 0.588. The third-order valence-corrected chi connectivity index (χ3v) is 4.42. The highest BCUT2D eigenvalue weighted by atomic mass is 16.2. The van der Waals surface area contributed by atoms with Crippen LogP contribution in [-0.2, 0) is 11.3 Å². The first-order valence-electron chi connectivity index (χ1n) is 8.06. The van der Waals surface area contributed by atoms with E-state index in [4.69, 9.17) is 0 Å². The molecule has 1 aromatic rings. The van der Waals surface area contributed by atoms with Gasteiger partial charge in [-0.2, -0.15) is 0 Å². The van der Waals surface area contributed by atoms with Gasteiger partial charge < -0.3 is 15.5 Å². The van der Waals surface area contributed by atoms with E-state index in [1.54, 1.807) is 0 Å². The van der Waals surface area contributed by atoms with Crippen LogP contribution in [0.5, 0.6) is 0 Å². The van der Waals surface area contributed by atoms with E-state index in [0.717, 1.165) is 26.1 Å². The molecule has 1 atom stereocenters. The van der Waals surface area contributed by atoms with E-state index in [-0.39, 0.29) is 11.9 Å². The lowest BCUT2D eigenvalue weighted by Gasteiger charge is -2.37. The van der Waals surface area contributed by atoms with Crippen LogP contribution in [0.15, 0.2) is 18.2 Å². The molecular formula is C17H25N3O. The maximum Gasteiger partial charge on any atom is 0.242 e. The van der Waals surface area contributed by atoms with Crippen molar-refractivity contribution >= 4 is 11.6 Å². The predicted molar refractivity (Wildman–Crippen MR) is 85.5 cm³/mol. The number of nitrogens with zero attached hydrogens (tertiary/aromatic N) is 1. The number of hydrogen-bond acceptors (Lipinski definition) is 3. The molecule has 0 spiro atoms. The van der Waals surface area contributed by atoms with Crippen LogP contribution >= 0.6 is 0 Å². The van der Waals surface area contributed by atoms with Gasteiger partial charge in [-0.05, 0) is 37.8 Å². The Morgan fingerprint density at radius 2 is 2.19 bits per heavy atom. The Kier molecular flexibility index (Phi) is 4.15. The second kappa shape index (κ2) is 6.06. The van der Waals surface area contributed by atoms with Crippen molar-refractivity contribution in [2.24, 2.45) is 0 Å². The lowest BCUT2D eigenvalue weighted by Crippen LogP contribution is -2.55. The summed E-state index contributed by atoms with van der Waals surface area (Å²) >= 11 is 0. The van der Waals surface area contributed by atoms with E-state index >= 15 is 0 Å². The van der Waals surface area contributed by atoms with Crippen molar-refractivity contribution in [1.82, 2.24) is 10.6 Å². The number of aryl methyl sites for hydroxylation is 1. The molecule has 1 aliphatic heterocycles. The highest BCUT2D eigenvalue weighted by Gasteiger charge is 2.29. The number of benzene rings is 1. The Balaban J connectivity index is 1.86. The summed E-state index contributed by atoms with van der Waals surface area (Å²) < 4.78 is 0. The second-order valence-electron chi connectivity index (χ2n) is 6.20. The number of piperazine rings is 1. The molecule has 1 unspecified atom stereocenters. The highest BCUT2D eigenvalue weighted by Crippen LogP contribution is 2.27. The molecule has 2 N–H and O–H groups in total. The lowest BCUT2D eigenvalue weighted by atomic mass is 10.0. The van der Waals surface area contributed by atoms with Crippen molar-refractivity contribution < 1.29 is 4.79 Å². The average molecular weight is 287 g/mol. The van der Waals surface area contributed by atoms with Crippen molar-refractivity contribution in [3.05, 3.63) is 29.3 Å². The molecule has 0 aromatic heterocycles. The Labute approximate surface area is 126 Å². The minimum absolute atomic E-state index is 0.0406. The Morgan fingerprint density at radius 1 is 1.38 bits per heavy atom. The van der Waals surface area contributed by atoms with Crippen LogP contribution in [0.4, 0.5) is 5.69 Å². The normalized spacial score (nSPS) is 22.3. The number of carbonyl (C=O) groups is 1. The van der Waals surface area contributed by atoms with Gasteiger partial charge in [-0.15, -0.1) is 0 Å². The summed E-state index contributed by atoms with van der Waals surface area (Å²) in [7, 11) is 0. The smallest absolute Gasteiger partial charge is 0.242 e. The van der Waals surface area contributed by atoms with Gasteiger partial charge in [-0.25, -0.2) is 0 Å². The van der Waals surface area contributed by atoms with Gasteiger partial charge in [0.1, 0.15) is 6.04 Å². The zero-order valence-corrected chi connectivity index (χ0v) is 13.0. The highest BCUT2D eigenvalue weighted by molar-refractivity contribution is 5.86. The molecule has 1 saturated carbocycles. The van der Waals surface area contributed by atoms with Gasteiger partial charge in [0.2, 0.25) is 5.91 Å². The summed E-state index contributed by atoms with van der Waals surface area (Å²) in [4.78, 5) is 14.4. The van der Waals surface area contributed by atoms with E-state index in [1.165, 1.54) is 29.7 Å². The Bertz CT molecular complexity index is 525. The summed E-state index contributed by atoms with van der Waals surface area (Å²) in [5.74, 6) is 0.158. The summed E-state index contributed by atoms with van der Waals surface area (Å²) in [6.07, 6.45) is 3.44. The first-order valence-corrected chi connectivity index (χ1v) is 8.06. The van der Waals surface area contributed by atoms with Crippen molar-refractivity contribution in [1.29, 1.82) is 0 Å². The van der Waals surface area contributed by atoms with Crippen molar-refractivity contribution in [3.63, 3.8) is 0 Å². The van der Waals surface area contributed by atoms with Crippen LogP contribution in [0, 0.1) is 6.92 Å². The van der Waals surface area contributed by atoms with Crippen LogP contribution < -0.4 is 15.5 Å². The third kappa shape index (κ3) is 3.21. The van der Waals surface area contributed by atoms with Crippen molar-refractivity contribution in [3.8, 4) is 0 Å². The number of rotatable bonds is 5. The van der Waals surface area contributed by atoms with Gasteiger partial charge in [-0.1, -0.05) is 24.6 Å². The topological polar surface area (TPSA) is 44.4 Å². The zero-order chi connectivity index (χ0) is 14.8. The summed E-state index contributed by atoms with van der Waals surface area (Å²) in [6.45, 7) is 6.74. The molecule has 4 heteroatoms. The molecule has 4 nitrogen and oxygen atoms in total. The molecule has 2 aliphatic rings. The number of carbonyl (C=O) groups excluding carboxylic acids is 1. The minimum Gasteiger partial charge on any atom is -0.357 e. The SMILES string of the molecule is CCC1C(=O)NCCN1c1ccc(C)cc1CNC1CC1. The molecular weight excluding hydrogens is 262 g/mol. The fourth-order valence-corrected chi connectivity index (χ4v) is 3.09. The molecule has 2 fully saturated rings. The lowest BCUT2D eigenvalue weighted by molar-refractivity contribution is -0.123. The Hall–Kier alpha value is -1.55. The third-order valence-electron chi connectivity index (χ3n) is 4.42. The van der Waals surface area contributed by atoms with Crippen molar-refractivity contribution in [2.75, 3.05) is 18.0 Å². The molecule has 1 saturated heterocycles. The summed E-state index contributed by atoms with van der Waals surface area (Å²) in [5, 5.41) is 6.57. The van der Waals surface area contributed by atoms with Gasteiger partial charge in [-0.3, -0.25) is 4.79 Å². The van der Waals surface area contributed by atoms with E-state index in [9.17, 15) is 4.79 Å². The summed E-state index contributed by atoms with van der Waals surface area (Å²) in [5.41, 5.74) is 3.81. The fourth-order valence-electron chi connectivity index (χ4n) is 3.09. The van der Waals surface area contributed by atoms with Gasteiger partial charge in [0.05, 0.1) is 0 Å². The van der Waals surface area contributed by atoms with Crippen LogP contribution in [-0.4, -0.2) is 31.1 Å². The predicted octanol–water partition coefficient (Wildman–Crippen LogP) is 1.96. The standard InChI is InChI=1S/C17H25N3O/c1-3-15-17(21)18-8-9-20(15)16-7-4-12(2)10-13(16)11-19-14-5-6-14/h4,7,10,14-15,19H,3,5-6,8-9,11H2,1-2H3,(H,18,21). The molecule has 1 aromatic carbocycles. The largest absolute Gasteiger partial charge is 0.357 e. The quantitative estimate of drug-likeness (QED) is 0.870. The van der Waals surface area contributed by atoms with E-state index in [1.807, 2.05) is 0 Å². The minimum atomic E-state index is -0.0406. The van der Waals surface area contributed by atoms with Crippen LogP contribution in [0.25, 0.3) is 0 Å². The van der Waals surface area contributed by atoms with Gasteiger partial charge in [0.25, 0.3) is 0 Å². The number of anilines is 1. The maximum absolute atomic E-state index is 12.1. The Morgan fingerprint density at radius 3 is 2.90 bits per heavy atom. The average Bonchev–Trinajstić information content (AvgIpc) is 3.29. The maximum atomic E-state index is 12.1. The first kappa shape index (κ1) is 14.4. The monoisotopic (exact) mass is 287 g/mol. The molecule has 1 aliphatic carbocycles. The number of hydrogen-bond donors (Lipinski definition) is 2. The van der Waals surface area contributed by atoms with Crippen LogP contribution in [0.3, 0.4) is 0 Å². The van der Waals surface area contributed by atoms with E-state index in [2.05, 4.69) is 47.6 Å².